The van der Waals surface area contributed by atoms with Crippen molar-refractivity contribution in [2.45, 2.75) is 32.1 Å². The summed E-state index contributed by atoms with van der Waals surface area (Å²) in [7, 11) is 0. The van der Waals surface area contributed by atoms with Gasteiger partial charge in [0.15, 0.2) is 0 Å². The van der Waals surface area contributed by atoms with Crippen LogP contribution in [0.1, 0.15) is 32.1 Å². The molecule has 0 radical (unpaired) electrons. The molecule has 2 rings (SSSR count). The lowest BCUT2D eigenvalue weighted by atomic mass is 9.84. The van der Waals surface area contributed by atoms with Gasteiger partial charge in [-0.25, -0.2) is 0 Å². The number of hydrogen-bond donors (Lipinski definition) is 0. The fourth-order valence-corrected chi connectivity index (χ4v) is 2.30. The van der Waals surface area contributed by atoms with E-state index in [-0.39, 0.29) is 0 Å². The van der Waals surface area contributed by atoms with E-state index in [2.05, 4.69) is 28.1 Å². The molecule has 0 nitrogen and oxygen atoms in total. The van der Waals surface area contributed by atoms with E-state index in [4.69, 9.17) is 0 Å². The second-order valence-corrected chi connectivity index (χ2v) is 3.99. The Morgan fingerprint density at radius 3 is 2.83 bits per heavy atom. The molecule has 0 amide bonds. The highest BCUT2D eigenvalue weighted by atomic mass is 79.9. The largest absolute Gasteiger partial charge is 0.0626 e. The molecule has 2 aliphatic rings. The maximum atomic E-state index is 3.39. The van der Waals surface area contributed by atoms with Crippen LogP contribution in [-0.2, 0) is 0 Å². The molecule has 0 aliphatic heterocycles. The number of rotatable bonds is 0. The third kappa shape index (κ3) is 1.56. The van der Waals surface area contributed by atoms with Crippen molar-refractivity contribution in [1.29, 1.82) is 0 Å². The average molecular weight is 225 g/mol. The number of halogens is 1. The van der Waals surface area contributed by atoms with Crippen molar-refractivity contribution >= 4 is 15.9 Å². The molecule has 0 atom stereocenters. The van der Waals surface area contributed by atoms with Crippen LogP contribution in [-0.4, -0.2) is 0 Å². The summed E-state index contributed by atoms with van der Waals surface area (Å²) in [5.41, 5.74) is 4.70. The molecule has 0 aromatic carbocycles. The van der Waals surface area contributed by atoms with Gasteiger partial charge in [-0.15, -0.1) is 0 Å². The van der Waals surface area contributed by atoms with Gasteiger partial charge >= 0.3 is 0 Å². The van der Waals surface area contributed by atoms with Crippen molar-refractivity contribution in [3.05, 3.63) is 33.9 Å². The zero-order valence-electron chi connectivity index (χ0n) is 7.15. The van der Waals surface area contributed by atoms with Gasteiger partial charge in [0.05, 0.1) is 0 Å². The van der Waals surface area contributed by atoms with Gasteiger partial charge in [-0.05, 0) is 48.2 Å². The highest BCUT2D eigenvalue weighted by Crippen LogP contribution is 2.33. The van der Waals surface area contributed by atoms with Gasteiger partial charge in [-0.3, -0.25) is 0 Å². The molecule has 0 aromatic rings. The summed E-state index contributed by atoms with van der Waals surface area (Å²) in [6, 6.07) is 0. The van der Waals surface area contributed by atoms with Crippen molar-refractivity contribution in [1.82, 2.24) is 0 Å². The van der Waals surface area contributed by atoms with Crippen molar-refractivity contribution in [3.8, 4) is 0 Å². The average Bonchev–Trinajstić information content (AvgIpc) is 2.17. The van der Waals surface area contributed by atoms with Crippen LogP contribution in [0.5, 0.6) is 0 Å². The fraction of sp³-hybridized carbons (Fsp3) is 0.455. The van der Waals surface area contributed by atoms with Gasteiger partial charge in [0.2, 0.25) is 0 Å². The molecular formula is C11H13Br. The third-order valence-corrected chi connectivity index (χ3v) is 3.27. The van der Waals surface area contributed by atoms with Crippen molar-refractivity contribution in [2.75, 3.05) is 0 Å². The first-order chi connectivity index (χ1) is 5.90. The SMILES string of the molecule is Br/C=C1/C=CC2=C(CCCC2)C1. The Hall–Kier alpha value is -0.300. The van der Waals surface area contributed by atoms with Gasteiger partial charge in [-0.1, -0.05) is 33.7 Å². The second-order valence-electron chi connectivity index (χ2n) is 3.53. The molecule has 2 aliphatic carbocycles. The second kappa shape index (κ2) is 3.61. The van der Waals surface area contributed by atoms with Crippen LogP contribution in [0.4, 0.5) is 0 Å². The van der Waals surface area contributed by atoms with Crippen LogP contribution in [0.25, 0.3) is 0 Å². The van der Waals surface area contributed by atoms with Crippen LogP contribution in [0.2, 0.25) is 0 Å². The molecule has 0 heterocycles. The first kappa shape index (κ1) is 8.31. The molecule has 1 heteroatoms. The maximum absolute atomic E-state index is 3.39. The predicted octanol–water partition coefficient (Wildman–Crippen LogP) is 4.10. The van der Waals surface area contributed by atoms with Crippen LogP contribution in [0.3, 0.4) is 0 Å². The standard InChI is InChI=1S/C11H13Br/c12-8-9-5-6-10-3-1-2-4-11(10)7-9/h5-6,8H,1-4,7H2/b9-8-. The minimum atomic E-state index is 1.18. The Bertz CT molecular complexity index is 269. The zero-order chi connectivity index (χ0) is 8.39. The highest BCUT2D eigenvalue weighted by Gasteiger charge is 2.14. The molecule has 12 heavy (non-hydrogen) atoms. The molecule has 0 fully saturated rings. The van der Waals surface area contributed by atoms with E-state index in [1.54, 1.807) is 11.1 Å². The van der Waals surface area contributed by atoms with E-state index in [1.807, 2.05) is 4.99 Å². The first-order valence-corrected chi connectivity index (χ1v) is 5.50. The number of allylic oxidation sites excluding steroid dienone is 5. The van der Waals surface area contributed by atoms with E-state index in [0.717, 1.165) is 0 Å². The van der Waals surface area contributed by atoms with E-state index < -0.39 is 0 Å². The van der Waals surface area contributed by atoms with Gasteiger partial charge in [0, 0.05) is 0 Å². The van der Waals surface area contributed by atoms with Crippen molar-refractivity contribution in [2.24, 2.45) is 0 Å². The Balaban J connectivity index is 2.23. The summed E-state index contributed by atoms with van der Waals surface area (Å²) < 4.78 is 0. The molecule has 0 N–H and O–H groups in total. The van der Waals surface area contributed by atoms with E-state index in [0.29, 0.717) is 0 Å². The molecule has 0 saturated heterocycles. The summed E-state index contributed by atoms with van der Waals surface area (Å²) in [6.07, 6.45) is 11.1. The Labute approximate surface area is 82.2 Å². The van der Waals surface area contributed by atoms with Gasteiger partial charge in [0.1, 0.15) is 0 Å². The van der Waals surface area contributed by atoms with Gasteiger partial charge in [0.25, 0.3) is 0 Å². The third-order valence-electron chi connectivity index (χ3n) is 2.69. The van der Waals surface area contributed by atoms with Crippen LogP contribution in [0.15, 0.2) is 33.9 Å². The monoisotopic (exact) mass is 224 g/mol. The van der Waals surface area contributed by atoms with Crippen molar-refractivity contribution in [3.63, 3.8) is 0 Å². The Morgan fingerprint density at radius 1 is 1.17 bits per heavy atom. The highest BCUT2D eigenvalue weighted by molar-refractivity contribution is 9.11. The molecule has 0 spiro atoms. The summed E-state index contributed by atoms with van der Waals surface area (Å²) >= 11 is 3.39. The van der Waals surface area contributed by atoms with Crippen LogP contribution < -0.4 is 0 Å². The van der Waals surface area contributed by atoms with Crippen molar-refractivity contribution < 1.29 is 0 Å². The summed E-state index contributed by atoms with van der Waals surface area (Å²) in [6.45, 7) is 0. The van der Waals surface area contributed by atoms with E-state index in [1.165, 1.54) is 37.7 Å². The van der Waals surface area contributed by atoms with E-state index >= 15 is 0 Å². The Morgan fingerprint density at radius 2 is 2.00 bits per heavy atom. The lowest BCUT2D eigenvalue weighted by Gasteiger charge is -2.21. The summed E-state index contributed by atoms with van der Waals surface area (Å²) in [4.78, 5) is 2.04. The molecule has 0 aromatic heterocycles. The summed E-state index contributed by atoms with van der Waals surface area (Å²) in [5, 5.41) is 0. The normalized spacial score (nSPS) is 26.2. The van der Waals surface area contributed by atoms with Gasteiger partial charge in [-0.2, -0.15) is 0 Å². The lowest BCUT2D eigenvalue weighted by Crippen LogP contribution is -2.02. The molecule has 0 saturated carbocycles. The zero-order valence-corrected chi connectivity index (χ0v) is 8.73. The quantitative estimate of drug-likeness (QED) is 0.582. The minimum absolute atomic E-state index is 1.18. The molecule has 0 unspecified atom stereocenters. The van der Waals surface area contributed by atoms with Crippen LogP contribution in [0, 0.1) is 0 Å². The minimum Gasteiger partial charge on any atom is -0.0626 e. The number of hydrogen-bond acceptors (Lipinski definition) is 0. The van der Waals surface area contributed by atoms with Gasteiger partial charge < -0.3 is 0 Å². The summed E-state index contributed by atoms with van der Waals surface area (Å²) in [5.74, 6) is 0. The van der Waals surface area contributed by atoms with E-state index in [9.17, 15) is 0 Å². The van der Waals surface area contributed by atoms with Crippen LogP contribution >= 0.6 is 15.9 Å². The first-order valence-electron chi connectivity index (χ1n) is 4.58. The lowest BCUT2D eigenvalue weighted by molar-refractivity contribution is 0.666. The smallest absolute Gasteiger partial charge is 0.00561 e. The molecule has 64 valence electrons. The predicted molar refractivity (Wildman–Crippen MR) is 56.3 cm³/mol. The fourth-order valence-electron chi connectivity index (χ4n) is 1.98. The Kier molecular flexibility index (Phi) is 2.50. The topological polar surface area (TPSA) is 0 Å². The molecular weight excluding hydrogens is 212 g/mol. The molecule has 0 bridgehead atoms. The maximum Gasteiger partial charge on any atom is -0.00561 e.